The van der Waals surface area contributed by atoms with Crippen LogP contribution < -0.4 is 5.73 Å². The first-order chi connectivity index (χ1) is 8.71. The number of carbonyl (C=O) groups excluding carboxylic acids is 2. The first kappa shape index (κ1) is 13.3. The molecule has 0 radical (unpaired) electrons. The van der Waals surface area contributed by atoms with E-state index in [-0.39, 0.29) is 5.41 Å². The fourth-order valence-electron chi connectivity index (χ4n) is 2.41. The molecule has 0 atom stereocenters. The van der Waals surface area contributed by atoms with E-state index in [1.807, 2.05) is 19.1 Å². The Morgan fingerprint density at radius 3 is 2.37 bits per heavy atom. The summed E-state index contributed by atoms with van der Waals surface area (Å²) in [4.78, 5) is 25.8. The molecule has 0 aliphatic rings. The summed E-state index contributed by atoms with van der Waals surface area (Å²) in [7, 11) is 0. The minimum Gasteiger partial charge on any atom is -0.363 e. The van der Waals surface area contributed by atoms with Crippen molar-refractivity contribution in [2.75, 3.05) is 0 Å². The first-order valence-electron chi connectivity index (χ1n) is 6.18. The molecule has 2 aromatic rings. The van der Waals surface area contributed by atoms with Crippen molar-refractivity contribution in [3.63, 3.8) is 0 Å². The first-order valence-corrected chi connectivity index (χ1v) is 6.18. The number of aryl methyl sites for hydroxylation is 1. The number of aromatic nitrogens is 1. The van der Waals surface area contributed by atoms with Crippen molar-refractivity contribution in [1.82, 2.24) is 4.98 Å². The summed E-state index contributed by atoms with van der Waals surface area (Å²) in [5.41, 5.74) is 8.53. The molecule has 0 unspecified atom stereocenters. The molecule has 100 valence electrons. The number of aromatic amines is 1. The lowest BCUT2D eigenvalue weighted by Gasteiger charge is -2.22. The highest BCUT2D eigenvalue weighted by Gasteiger charge is 2.21. The van der Waals surface area contributed by atoms with E-state index >= 15 is 0 Å². The summed E-state index contributed by atoms with van der Waals surface area (Å²) < 4.78 is 0. The van der Waals surface area contributed by atoms with Crippen LogP contribution in [0.15, 0.2) is 18.3 Å². The van der Waals surface area contributed by atoms with Gasteiger partial charge < -0.3 is 10.7 Å². The third-order valence-electron chi connectivity index (χ3n) is 3.30. The van der Waals surface area contributed by atoms with Gasteiger partial charge in [0.15, 0.2) is 0 Å². The van der Waals surface area contributed by atoms with Crippen molar-refractivity contribution in [3.05, 3.63) is 35.0 Å². The number of carbonyl (C=O) groups is 2. The molecule has 0 aliphatic heterocycles. The van der Waals surface area contributed by atoms with E-state index in [2.05, 4.69) is 25.8 Å². The minimum atomic E-state index is -0.932. The van der Waals surface area contributed by atoms with E-state index < -0.39 is 11.7 Å². The Morgan fingerprint density at radius 2 is 1.84 bits per heavy atom. The predicted octanol–water partition coefficient (Wildman–Crippen LogP) is 2.44. The van der Waals surface area contributed by atoms with E-state index in [0.29, 0.717) is 5.56 Å². The SMILES string of the molecule is Cc1cc2[nH]cc(C(=O)C(N)=O)c2cc1C(C)(C)C. The van der Waals surface area contributed by atoms with Crippen LogP contribution in [-0.4, -0.2) is 16.7 Å². The molecular formula is C15H18N2O2. The van der Waals surface area contributed by atoms with Crippen LogP contribution >= 0.6 is 0 Å². The standard InChI is InChI=1S/C15H18N2O2/c1-8-5-12-9(6-11(8)15(2,3)4)10(7-17-12)13(18)14(16)19/h5-7,17H,1-4H3,(H2,16,19). The van der Waals surface area contributed by atoms with E-state index in [4.69, 9.17) is 5.73 Å². The fourth-order valence-corrected chi connectivity index (χ4v) is 2.41. The molecule has 4 heteroatoms. The summed E-state index contributed by atoms with van der Waals surface area (Å²) in [6.07, 6.45) is 1.55. The van der Waals surface area contributed by atoms with Crippen LogP contribution in [0.1, 0.15) is 42.3 Å². The van der Waals surface area contributed by atoms with E-state index in [1.54, 1.807) is 6.20 Å². The number of Topliss-reactive ketones (excluding diaryl/α,β-unsaturated/α-hetero) is 1. The number of primary amides is 1. The van der Waals surface area contributed by atoms with Crippen LogP contribution in [0.3, 0.4) is 0 Å². The second-order valence-electron chi connectivity index (χ2n) is 5.86. The van der Waals surface area contributed by atoms with Gasteiger partial charge in [0, 0.05) is 17.1 Å². The molecule has 0 fully saturated rings. The maximum Gasteiger partial charge on any atom is 0.289 e. The van der Waals surface area contributed by atoms with Gasteiger partial charge in [0.05, 0.1) is 5.56 Å². The molecular weight excluding hydrogens is 240 g/mol. The Hall–Kier alpha value is -2.10. The Bertz CT molecular complexity index is 675. The van der Waals surface area contributed by atoms with E-state index in [9.17, 15) is 9.59 Å². The van der Waals surface area contributed by atoms with Crippen molar-refractivity contribution in [1.29, 1.82) is 0 Å². The molecule has 0 saturated carbocycles. The number of nitrogens with two attached hydrogens (primary N) is 1. The van der Waals surface area contributed by atoms with Crippen LogP contribution in [0.2, 0.25) is 0 Å². The number of hydrogen-bond acceptors (Lipinski definition) is 2. The third kappa shape index (κ3) is 2.26. The molecule has 1 heterocycles. The lowest BCUT2D eigenvalue weighted by Crippen LogP contribution is -2.22. The highest BCUT2D eigenvalue weighted by Crippen LogP contribution is 2.30. The highest BCUT2D eigenvalue weighted by atomic mass is 16.2. The van der Waals surface area contributed by atoms with Crippen LogP contribution in [0.4, 0.5) is 0 Å². The molecule has 2 rings (SSSR count). The quantitative estimate of drug-likeness (QED) is 0.641. The van der Waals surface area contributed by atoms with Crippen LogP contribution in [0.5, 0.6) is 0 Å². The zero-order chi connectivity index (χ0) is 14.4. The average molecular weight is 258 g/mol. The molecule has 3 N–H and O–H groups in total. The van der Waals surface area contributed by atoms with Gasteiger partial charge in [-0.3, -0.25) is 9.59 Å². The predicted molar refractivity (Wildman–Crippen MR) is 75.3 cm³/mol. The lowest BCUT2D eigenvalue weighted by molar-refractivity contribution is -0.114. The maximum atomic E-state index is 11.8. The topological polar surface area (TPSA) is 75.9 Å². The van der Waals surface area contributed by atoms with Crippen LogP contribution in [-0.2, 0) is 10.2 Å². The van der Waals surface area contributed by atoms with E-state index in [1.165, 1.54) is 0 Å². The number of H-pyrrole nitrogens is 1. The van der Waals surface area contributed by atoms with E-state index in [0.717, 1.165) is 22.0 Å². The Morgan fingerprint density at radius 1 is 1.21 bits per heavy atom. The van der Waals surface area contributed by atoms with Crippen molar-refractivity contribution in [2.45, 2.75) is 33.1 Å². The summed E-state index contributed by atoms with van der Waals surface area (Å²) in [6.45, 7) is 8.38. The van der Waals surface area contributed by atoms with Gasteiger partial charge in [0.25, 0.3) is 11.7 Å². The van der Waals surface area contributed by atoms with Crippen LogP contribution in [0, 0.1) is 6.92 Å². The van der Waals surface area contributed by atoms with Crippen molar-refractivity contribution < 1.29 is 9.59 Å². The van der Waals surface area contributed by atoms with Gasteiger partial charge in [-0.1, -0.05) is 20.8 Å². The second-order valence-corrected chi connectivity index (χ2v) is 5.86. The zero-order valence-corrected chi connectivity index (χ0v) is 11.6. The summed E-state index contributed by atoms with van der Waals surface area (Å²) >= 11 is 0. The number of ketones is 1. The number of benzene rings is 1. The number of nitrogens with one attached hydrogen (secondary N) is 1. The molecule has 0 bridgehead atoms. The van der Waals surface area contributed by atoms with Crippen LogP contribution in [0.25, 0.3) is 10.9 Å². The minimum absolute atomic E-state index is 0.0252. The molecule has 19 heavy (non-hydrogen) atoms. The van der Waals surface area contributed by atoms with Crippen molar-refractivity contribution in [3.8, 4) is 0 Å². The number of amides is 1. The Labute approximate surface area is 112 Å². The maximum absolute atomic E-state index is 11.8. The monoisotopic (exact) mass is 258 g/mol. The fraction of sp³-hybridized carbons (Fsp3) is 0.333. The lowest BCUT2D eigenvalue weighted by atomic mass is 9.83. The van der Waals surface area contributed by atoms with Crippen molar-refractivity contribution in [2.24, 2.45) is 5.73 Å². The van der Waals surface area contributed by atoms with Gasteiger partial charge in [-0.05, 0) is 35.6 Å². The van der Waals surface area contributed by atoms with Crippen molar-refractivity contribution >= 4 is 22.6 Å². The largest absolute Gasteiger partial charge is 0.363 e. The van der Waals surface area contributed by atoms with Gasteiger partial charge in [-0.2, -0.15) is 0 Å². The highest BCUT2D eigenvalue weighted by molar-refractivity contribution is 6.44. The molecule has 0 spiro atoms. The number of hydrogen-bond donors (Lipinski definition) is 2. The molecule has 0 saturated heterocycles. The summed E-state index contributed by atoms with van der Waals surface area (Å²) in [6, 6.07) is 3.96. The zero-order valence-electron chi connectivity index (χ0n) is 11.6. The molecule has 4 nitrogen and oxygen atoms in total. The third-order valence-corrected chi connectivity index (χ3v) is 3.30. The smallest absolute Gasteiger partial charge is 0.289 e. The number of rotatable bonds is 2. The van der Waals surface area contributed by atoms with Gasteiger partial charge in [-0.25, -0.2) is 0 Å². The molecule has 1 aromatic heterocycles. The molecule has 1 aromatic carbocycles. The van der Waals surface area contributed by atoms with Gasteiger partial charge >= 0.3 is 0 Å². The normalized spacial score (nSPS) is 11.8. The van der Waals surface area contributed by atoms with Gasteiger partial charge in [0.2, 0.25) is 0 Å². The summed E-state index contributed by atoms with van der Waals surface area (Å²) in [5, 5.41) is 0.749. The van der Waals surface area contributed by atoms with Gasteiger partial charge in [0.1, 0.15) is 0 Å². The second kappa shape index (κ2) is 4.23. The molecule has 0 aliphatic carbocycles. The summed E-state index contributed by atoms with van der Waals surface area (Å²) in [5.74, 6) is -1.59. The molecule has 1 amide bonds. The number of fused-ring (bicyclic) bond motifs is 1. The Balaban J connectivity index is 2.72. The Kier molecular flexibility index (Phi) is 2.97. The average Bonchev–Trinajstić information content (AvgIpc) is 2.67. The van der Waals surface area contributed by atoms with Gasteiger partial charge in [-0.15, -0.1) is 0 Å².